The molecule has 2 aromatic rings. The molecule has 1 amide bonds. The molecule has 0 bridgehead atoms. The summed E-state index contributed by atoms with van der Waals surface area (Å²) in [6.07, 6.45) is 5.18. The molecule has 0 spiro atoms. The van der Waals surface area contributed by atoms with E-state index in [4.69, 9.17) is 5.73 Å². The van der Waals surface area contributed by atoms with Crippen LogP contribution in [0.1, 0.15) is 12.5 Å². The van der Waals surface area contributed by atoms with Gasteiger partial charge >= 0.3 is 0 Å². The lowest BCUT2D eigenvalue weighted by Gasteiger charge is -1.97. The minimum Gasteiger partial charge on any atom is -0.366 e. The first-order valence-corrected chi connectivity index (χ1v) is 5.27. The van der Waals surface area contributed by atoms with Crippen molar-refractivity contribution in [3.63, 3.8) is 0 Å². The smallest absolute Gasteiger partial charge is 0.241 e. The number of fused-ring (bicyclic) bond motifs is 1. The molecule has 0 radical (unpaired) electrons. The fourth-order valence-electron chi connectivity index (χ4n) is 1.84. The second kappa shape index (κ2) is 4.23. The standard InChI is InChI=1S/C13H14N2O/c1-2-15-9-10(7-8-13(14)16)11-5-3-4-6-12(11)15/h3-9H,2H2,1H3,(H2,14,16)/b8-7-. The van der Waals surface area contributed by atoms with Crippen LogP contribution < -0.4 is 5.73 Å². The zero-order valence-electron chi connectivity index (χ0n) is 9.18. The van der Waals surface area contributed by atoms with Gasteiger partial charge in [0.15, 0.2) is 0 Å². The summed E-state index contributed by atoms with van der Waals surface area (Å²) in [4.78, 5) is 10.7. The van der Waals surface area contributed by atoms with Crippen molar-refractivity contribution in [1.82, 2.24) is 4.57 Å². The summed E-state index contributed by atoms with van der Waals surface area (Å²) in [5.74, 6) is -0.423. The van der Waals surface area contributed by atoms with Gasteiger partial charge in [-0.25, -0.2) is 0 Å². The Morgan fingerprint density at radius 1 is 1.44 bits per heavy atom. The molecule has 1 aromatic carbocycles. The molecule has 3 nitrogen and oxygen atoms in total. The van der Waals surface area contributed by atoms with Crippen LogP contribution >= 0.6 is 0 Å². The van der Waals surface area contributed by atoms with E-state index in [1.807, 2.05) is 24.4 Å². The number of amides is 1. The third-order valence-electron chi connectivity index (χ3n) is 2.59. The van der Waals surface area contributed by atoms with E-state index in [9.17, 15) is 4.79 Å². The van der Waals surface area contributed by atoms with Crippen molar-refractivity contribution in [2.45, 2.75) is 13.5 Å². The molecule has 0 unspecified atom stereocenters. The van der Waals surface area contributed by atoms with E-state index in [2.05, 4.69) is 17.6 Å². The van der Waals surface area contributed by atoms with E-state index in [-0.39, 0.29) is 0 Å². The molecule has 1 aromatic heterocycles. The van der Waals surface area contributed by atoms with Crippen LogP contribution in [0.15, 0.2) is 36.5 Å². The molecule has 0 atom stereocenters. The monoisotopic (exact) mass is 214 g/mol. The van der Waals surface area contributed by atoms with Crippen LogP contribution in [-0.4, -0.2) is 10.5 Å². The highest BCUT2D eigenvalue weighted by Crippen LogP contribution is 2.22. The van der Waals surface area contributed by atoms with Crippen LogP contribution in [-0.2, 0) is 11.3 Å². The van der Waals surface area contributed by atoms with Gasteiger partial charge in [0.1, 0.15) is 0 Å². The number of hydrogen-bond donors (Lipinski definition) is 1. The van der Waals surface area contributed by atoms with Gasteiger partial charge in [0.25, 0.3) is 0 Å². The average molecular weight is 214 g/mol. The molecular weight excluding hydrogens is 200 g/mol. The Balaban J connectivity index is 2.57. The van der Waals surface area contributed by atoms with E-state index in [0.717, 1.165) is 17.5 Å². The fraction of sp³-hybridized carbons (Fsp3) is 0.154. The summed E-state index contributed by atoms with van der Waals surface area (Å²) < 4.78 is 2.15. The van der Waals surface area contributed by atoms with Gasteiger partial charge in [0, 0.05) is 35.3 Å². The Hall–Kier alpha value is -2.03. The number of para-hydroxylation sites is 1. The van der Waals surface area contributed by atoms with Gasteiger partial charge in [-0.2, -0.15) is 0 Å². The molecule has 0 fully saturated rings. The largest absolute Gasteiger partial charge is 0.366 e. The molecule has 2 N–H and O–H groups in total. The summed E-state index contributed by atoms with van der Waals surface area (Å²) in [7, 11) is 0. The van der Waals surface area contributed by atoms with Crippen molar-refractivity contribution in [3.05, 3.63) is 42.1 Å². The van der Waals surface area contributed by atoms with Crippen LogP contribution in [0.3, 0.4) is 0 Å². The van der Waals surface area contributed by atoms with Gasteiger partial charge in [-0.3, -0.25) is 4.79 Å². The van der Waals surface area contributed by atoms with Gasteiger partial charge in [-0.05, 0) is 19.1 Å². The molecule has 0 aliphatic carbocycles. The quantitative estimate of drug-likeness (QED) is 0.782. The summed E-state index contributed by atoms with van der Waals surface area (Å²) in [6, 6.07) is 8.11. The van der Waals surface area contributed by atoms with Gasteiger partial charge in [-0.1, -0.05) is 18.2 Å². The van der Waals surface area contributed by atoms with Crippen molar-refractivity contribution in [2.75, 3.05) is 0 Å². The normalized spacial score (nSPS) is 11.3. The van der Waals surface area contributed by atoms with Crippen LogP contribution in [0.2, 0.25) is 0 Å². The highest BCUT2D eigenvalue weighted by molar-refractivity contribution is 5.95. The lowest BCUT2D eigenvalue weighted by Crippen LogP contribution is -2.04. The average Bonchev–Trinajstić information content (AvgIpc) is 2.65. The van der Waals surface area contributed by atoms with Crippen LogP contribution in [0.25, 0.3) is 17.0 Å². The van der Waals surface area contributed by atoms with Crippen molar-refractivity contribution < 1.29 is 4.79 Å². The molecule has 82 valence electrons. The number of aryl methyl sites for hydroxylation is 1. The number of hydrogen-bond acceptors (Lipinski definition) is 1. The number of primary amides is 1. The molecular formula is C13H14N2O. The summed E-state index contributed by atoms with van der Waals surface area (Å²) in [5, 5.41) is 1.14. The summed E-state index contributed by atoms with van der Waals surface area (Å²) >= 11 is 0. The molecule has 0 saturated carbocycles. The van der Waals surface area contributed by atoms with E-state index < -0.39 is 5.91 Å². The lowest BCUT2D eigenvalue weighted by molar-refractivity contribution is -0.113. The predicted octanol–water partition coefficient (Wildman–Crippen LogP) is 2.16. The summed E-state index contributed by atoms with van der Waals surface area (Å²) in [6.45, 7) is 3.00. The van der Waals surface area contributed by atoms with Gasteiger partial charge in [0.2, 0.25) is 5.91 Å². The Morgan fingerprint density at radius 3 is 2.88 bits per heavy atom. The van der Waals surface area contributed by atoms with Crippen molar-refractivity contribution in [1.29, 1.82) is 0 Å². The highest BCUT2D eigenvalue weighted by Gasteiger charge is 2.03. The van der Waals surface area contributed by atoms with E-state index in [1.54, 1.807) is 6.08 Å². The molecule has 0 saturated heterocycles. The highest BCUT2D eigenvalue weighted by atomic mass is 16.1. The number of rotatable bonds is 3. The molecule has 3 heteroatoms. The Kier molecular flexibility index (Phi) is 2.77. The topological polar surface area (TPSA) is 48.0 Å². The third kappa shape index (κ3) is 1.84. The molecule has 1 heterocycles. The zero-order chi connectivity index (χ0) is 11.5. The van der Waals surface area contributed by atoms with Crippen LogP contribution in [0, 0.1) is 0 Å². The Bertz CT molecular complexity index is 552. The van der Waals surface area contributed by atoms with E-state index >= 15 is 0 Å². The van der Waals surface area contributed by atoms with E-state index in [0.29, 0.717) is 0 Å². The van der Waals surface area contributed by atoms with Crippen LogP contribution in [0.4, 0.5) is 0 Å². The number of aromatic nitrogens is 1. The molecule has 0 aliphatic rings. The Morgan fingerprint density at radius 2 is 2.19 bits per heavy atom. The van der Waals surface area contributed by atoms with Crippen molar-refractivity contribution in [2.24, 2.45) is 5.73 Å². The first-order chi connectivity index (χ1) is 7.72. The molecule has 0 aliphatic heterocycles. The zero-order valence-corrected chi connectivity index (χ0v) is 9.18. The first-order valence-electron chi connectivity index (χ1n) is 5.27. The SMILES string of the molecule is CCn1cc(/C=C\C(N)=O)c2ccccc21. The fourth-order valence-corrected chi connectivity index (χ4v) is 1.84. The maximum Gasteiger partial charge on any atom is 0.241 e. The number of carbonyl (C=O) groups excluding carboxylic acids is 1. The number of nitrogens with zero attached hydrogens (tertiary/aromatic N) is 1. The van der Waals surface area contributed by atoms with E-state index in [1.165, 1.54) is 11.6 Å². The first kappa shape index (κ1) is 10.5. The van der Waals surface area contributed by atoms with Gasteiger partial charge in [0.05, 0.1) is 0 Å². The van der Waals surface area contributed by atoms with Crippen LogP contribution in [0.5, 0.6) is 0 Å². The molecule has 2 rings (SSSR count). The minimum atomic E-state index is -0.423. The predicted molar refractivity (Wildman–Crippen MR) is 65.8 cm³/mol. The second-order valence-electron chi connectivity index (χ2n) is 3.62. The van der Waals surface area contributed by atoms with Crippen molar-refractivity contribution >= 4 is 22.9 Å². The molecule has 16 heavy (non-hydrogen) atoms. The Labute approximate surface area is 94.2 Å². The van der Waals surface area contributed by atoms with Gasteiger partial charge < -0.3 is 10.3 Å². The maximum atomic E-state index is 10.7. The number of carbonyl (C=O) groups is 1. The summed E-state index contributed by atoms with van der Waals surface area (Å²) in [5.41, 5.74) is 7.29. The number of nitrogens with two attached hydrogens (primary N) is 1. The lowest BCUT2D eigenvalue weighted by atomic mass is 10.1. The van der Waals surface area contributed by atoms with Crippen molar-refractivity contribution in [3.8, 4) is 0 Å². The second-order valence-corrected chi connectivity index (χ2v) is 3.62. The minimum absolute atomic E-state index is 0.423. The number of benzene rings is 1. The van der Waals surface area contributed by atoms with Gasteiger partial charge in [-0.15, -0.1) is 0 Å². The maximum absolute atomic E-state index is 10.7. The third-order valence-corrected chi connectivity index (χ3v) is 2.59.